The van der Waals surface area contributed by atoms with Gasteiger partial charge in [0.05, 0.1) is 0 Å². The van der Waals surface area contributed by atoms with Gasteiger partial charge in [-0.05, 0) is 0 Å². The predicted molar refractivity (Wildman–Crippen MR) is 47.4 cm³/mol. The van der Waals surface area contributed by atoms with Crippen molar-refractivity contribution >= 4 is 11.9 Å². The molecule has 1 heterocycles. The molecule has 0 aromatic carbocycles. The third-order valence-electron chi connectivity index (χ3n) is 1.30. The topological polar surface area (TPSA) is 97.8 Å². The summed E-state index contributed by atoms with van der Waals surface area (Å²) in [6.45, 7) is 0.429. The maximum absolute atomic E-state index is 10.6. The third kappa shape index (κ3) is 1.93. The summed E-state index contributed by atoms with van der Waals surface area (Å²) in [5.41, 5.74) is 10.9. The second-order valence-electron chi connectivity index (χ2n) is 2.18. The van der Waals surface area contributed by atoms with Gasteiger partial charge in [0.15, 0.2) is 0 Å². The molecule has 0 saturated heterocycles. The fraction of sp³-hybridized carbons (Fsp3) is 0.143. The molecule has 1 aromatic rings. The number of nitrogens with zero attached hydrogens (tertiary/aromatic N) is 1. The SMILES string of the molecule is NCC=Cc1c[nH]c(=O)nc1N. The van der Waals surface area contributed by atoms with Crippen molar-refractivity contribution in [2.75, 3.05) is 12.3 Å². The summed E-state index contributed by atoms with van der Waals surface area (Å²) in [5.74, 6) is 0.212. The number of aromatic amines is 1. The van der Waals surface area contributed by atoms with E-state index in [0.29, 0.717) is 12.1 Å². The lowest BCUT2D eigenvalue weighted by molar-refractivity contribution is 1.08. The van der Waals surface area contributed by atoms with Crippen LogP contribution in [0.25, 0.3) is 6.08 Å². The lowest BCUT2D eigenvalue weighted by Crippen LogP contribution is -2.12. The fourth-order valence-electron chi connectivity index (χ4n) is 0.748. The summed E-state index contributed by atoms with van der Waals surface area (Å²) < 4.78 is 0. The molecule has 1 rings (SSSR count). The Balaban J connectivity index is 3.01. The molecule has 0 spiro atoms. The normalized spacial score (nSPS) is 10.8. The zero-order valence-corrected chi connectivity index (χ0v) is 6.45. The average molecular weight is 166 g/mol. The van der Waals surface area contributed by atoms with E-state index in [1.165, 1.54) is 6.20 Å². The van der Waals surface area contributed by atoms with Crippen LogP contribution in [0, 0.1) is 0 Å². The van der Waals surface area contributed by atoms with E-state index < -0.39 is 5.69 Å². The van der Waals surface area contributed by atoms with Gasteiger partial charge >= 0.3 is 5.69 Å². The van der Waals surface area contributed by atoms with Crippen molar-refractivity contribution < 1.29 is 0 Å². The van der Waals surface area contributed by atoms with E-state index in [1.807, 2.05) is 0 Å². The van der Waals surface area contributed by atoms with Gasteiger partial charge < -0.3 is 16.5 Å². The predicted octanol–water partition coefficient (Wildman–Crippen LogP) is -0.676. The second kappa shape index (κ2) is 3.68. The number of nitrogen functional groups attached to an aromatic ring is 1. The van der Waals surface area contributed by atoms with Crippen molar-refractivity contribution in [3.63, 3.8) is 0 Å². The Kier molecular flexibility index (Phi) is 2.60. The van der Waals surface area contributed by atoms with Gasteiger partial charge in [0, 0.05) is 18.3 Å². The van der Waals surface area contributed by atoms with Gasteiger partial charge in [0.1, 0.15) is 5.82 Å². The number of H-pyrrole nitrogens is 1. The maximum atomic E-state index is 10.6. The highest BCUT2D eigenvalue weighted by molar-refractivity contribution is 5.59. The van der Waals surface area contributed by atoms with Gasteiger partial charge in [-0.15, -0.1) is 0 Å². The molecule has 0 amide bonds. The van der Waals surface area contributed by atoms with E-state index in [9.17, 15) is 4.79 Å². The summed E-state index contributed by atoms with van der Waals surface area (Å²) in [6.07, 6.45) is 4.93. The van der Waals surface area contributed by atoms with Gasteiger partial charge in [-0.1, -0.05) is 12.2 Å². The van der Waals surface area contributed by atoms with Crippen molar-refractivity contribution in [3.05, 3.63) is 28.3 Å². The first-order valence-electron chi connectivity index (χ1n) is 3.46. The minimum absolute atomic E-state index is 0.212. The lowest BCUT2D eigenvalue weighted by atomic mass is 10.3. The Morgan fingerprint density at radius 1 is 1.67 bits per heavy atom. The van der Waals surface area contributed by atoms with E-state index >= 15 is 0 Å². The van der Waals surface area contributed by atoms with Crippen molar-refractivity contribution in [1.29, 1.82) is 0 Å². The molecule has 5 heteroatoms. The molecule has 12 heavy (non-hydrogen) atoms. The van der Waals surface area contributed by atoms with Crippen molar-refractivity contribution in [3.8, 4) is 0 Å². The van der Waals surface area contributed by atoms with Crippen LogP contribution in [0.5, 0.6) is 0 Å². The molecule has 64 valence electrons. The Labute approximate surface area is 69.1 Å². The first kappa shape index (κ1) is 8.48. The lowest BCUT2D eigenvalue weighted by Gasteiger charge is -1.95. The van der Waals surface area contributed by atoms with Crippen LogP contribution in [-0.4, -0.2) is 16.5 Å². The third-order valence-corrected chi connectivity index (χ3v) is 1.30. The number of aromatic nitrogens is 2. The van der Waals surface area contributed by atoms with Gasteiger partial charge in [-0.2, -0.15) is 4.98 Å². The molecular weight excluding hydrogens is 156 g/mol. The highest BCUT2D eigenvalue weighted by Crippen LogP contribution is 2.04. The van der Waals surface area contributed by atoms with Gasteiger partial charge in [-0.25, -0.2) is 4.79 Å². The zero-order chi connectivity index (χ0) is 8.97. The van der Waals surface area contributed by atoms with Crippen LogP contribution in [0.4, 0.5) is 5.82 Å². The quantitative estimate of drug-likeness (QED) is 0.542. The highest BCUT2D eigenvalue weighted by Gasteiger charge is 1.95. The summed E-state index contributed by atoms with van der Waals surface area (Å²) in [5, 5.41) is 0. The van der Waals surface area contributed by atoms with Gasteiger partial charge in [0.2, 0.25) is 0 Å². The van der Waals surface area contributed by atoms with Crippen molar-refractivity contribution in [2.24, 2.45) is 5.73 Å². The molecule has 0 fully saturated rings. The average Bonchev–Trinajstić information content (AvgIpc) is 2.03. The minimum atomic E-state index is -0.447. The molecule has 5 nitrogen and oxygen atoms in total. The van der Waals surface area contributed by atoms with Crippen LogP contribution in [0.1, 0.15) is 5.56 Å². The van der Waals surface area contributed by atoms with Crippen molar-refractivity contribution in [2.45, 2.75) is 0 Å². The standard InChI is InChI=1S/C7H10N4O/c8-3-1-2-5-4-10-7(12)11-6(5)9/h1-2,4H,3,8H2,(H3,9,10,11,12). The first-order chi connectivity index (χ1) is 5.74. The Bertz CT molecular complexity index is 342. The Morgan fingerprint density at radius 3 is 3.00 bits per heavy atom. The van der Waals surface area contributed by atoms with Crippen LogP contribution < -0.4 is 17.2 Å². The zero-order valence-electron chi connectivity index (χ0n) is 6.45. The number of rotatable bonds is 2. The molecule has 0 aliphatic rings. The monoisotopic (exact) mass is 166 g/mol. The highest BCUT2D eigenvalue weighted by atomic mass is 16.1. The number of anilines is 1. The van der Waals surface area contributed by atoms with Crippen LogP contribution in [0.3, 0.4) is 0 Å². The molecular formula is C7H10N4O. The maximum Gasteiger partial charge on any atom is 0.346 e. The molecule has 5 N–H and O–H groups in total. The summed E-state index contributed by atoms with van der Waals surface area (Å²) >= 11 is 0. The molecule has 0 aliphatic heterocycles. The van der Waals surface area contributed by atoms with E-state index in [2.05, 4.69) is 9.97 Å². The molecule has 0 radical (unpaired) electrons. The Hall–Kier alpha value is -1.62. The molecule has 0 atom stereocenters. The summed E-state index contributed by atoms with van der Waals surface area (Å²) in [7, 11) is 0. The van der Waals surface area contributed by atoms with E-state index in [-0.39, 0.29) is 5.82 Å². The largest absolute Gasteiger partial charge is 0.383 e. The van der Waals surface area contributed by atoms with Crippen LogP contribution in [0.2, 0.25) is 0 Å². The molecule has 0 saturated carbocycles. The van der Waals surface area contributed by atoms with E-state index in [4.69, 9.17) is 11.5 Å². The first-order valence-corrected chi connectivity index (χ1v) is 3.46. The van der Waals surface area contributed by atoms with Crippen LogP contribution in [-0.2, 0) is 0 Å². The fourth-order valence-corrected chi connectivity index (χ4v) is 0.748. The second-order valence-corrected chi connectivity index (χ2v) is 2.18. The van der Waals surface area contributed by atoms with Crippen molar-refractivity contribution in [1.82, 2.24) is 9.97 Å². The Morgan fingerprint density at radius 2 is 2.42 bits per heavy atom. The van der Waals surface area contributed by atoms with Gasteiger partial charge in [-0.3, -0.25) is 0 Å². The molecule has 0 aliphatic carbocycles. The molecule has 0 unspecified atom stereocenters. The molecule has 1 aromatic heterocycles. The molecule has 0 bridgehead atoms. The number of hydrogen-bond donors (Lipinski definition) is 3. The summed E-state index contributed by atoms with van der Waals surface area (Å²) in [4.78, 5) is 16.5. The van der Waals surface area contributed by atoms with Gasteiger partial charge in [0.25, 0.3) is 0 Å². The van der Waals surface area contributed by atoms with E-state index in [1.54, 1.807) is 12.2 Å². The summed E-state index contributed by atoms with van der Waals surface area (Å²) in [6, 6.07) is 0. The number of hydrogen-bond acceptors (Lipinski definition) is 4. The number of nitrogens with two attached hydrogens (primary N) is 2. The number of nitrogens with one attached hydrogen (secondary N) is 1. The smallest absolute Gasteiger partial charge is 0.346 e. The van der Waals surface area contributed by atoms with Crippen LogP contribution >= 0.6 is 0 Å². The minimum Gasteiger partial charge on any atom is -0.383 e. The van der Waals surface area contributed by atoms with E-state index in [0.717, 1.165) is 0 Å². The van der Waals surface area contributed by atoms with Crippen LogP contribution in [0.15, 0.2) is 17.1 Å².